The van der Waals surface area contributed by atoms with Gasteiger partial charge in [0.25, 0.3) is 5.91 Å². The number of amides is 1. The van der Waals surface area contributed by atoms with E-state index in [4.69, 9.17) is 4.74 Å². The molecule has 3 atom stereocenters. The Balaban J connectivity index is 1.78. The predicted octanol–water partition coefficient (Wildman–Crippen LogP) is 2.25. The summed E-state index contributed by atoms with van der Waals surface area (Å²) in [5.74, 6) is -1.65. The Labute approximate surface area is 158 Å². The summed E-state index contributed by atoms with van der Waals surface area (Å²) in [5, 5.41) is 12.0. The van der Waals surface area contributed by atoms with Gasteiger partial charge in [0, 0.05) is 25.0 Å². The number of hydrogen-bond donors (Lipinski definition) is 2. The van der Waals surface area contributed by atoms with Crippen LogP contribution in [-0.4, -0.2) is 47.3 Å². The van der Waals surface area contributed by atoms with Gasteiger partial charge in [-0.1, -0.05) is 30.3 Å². The fourth-order valence-electron chi connectivity index (χ4n) is 3.27. The average Bonchev–Trinajstić information content (AvgIpc) is 2.65. The van der Waals surface area contributed by atoms with Gasteiger partial charge in [0.15, 0.2) is 6.04 Å². The number of carboxylic acids is 1. The maximum Gasteiger partial charge on any atom is 0.330 e. The van der Waals surface area contributed by atoms with E-state index in [0.717, 1.165) is 18.8 Å². The number of nitrogens with one attached hydrogen (secondary N) is 1. The number of carbonyl (C=O) groups is 2. The largest absolute Gasteiger partial charge is 0.479 e. The third-order valence-electron chi connectivity index (χ3n) is 4.42. The van der Waals surface area contributed by atoms with E-state index in [-0.39, 0.29) is 17.9 Å². The van der Waals surface area contributed by atoms with Gasteiger partial charge in [0.05, 0.1) is 12.2 Å². The fraction of sp³-hybridized carbons (Fsp3) is 0.350. The molecular formula is C20H23N3O4. The lowest BCUT2D eigenvalue weighted by Gasteiger charge is -2.36. The highest BCUT2D eigenvalue weighted by Crippen LogP contribution is 2.21. The first kappa shape index (κ1) is 18.8. The van der Waals surface area contributed by atoms with Gasteiger partial charge < -0.3 is 20.1 Å². The molecule has 1 aliphatic rings. The maximum atomic E-state index is 12.6. The van der Waals surface area contributed by atoms with Gasteiger partial charge in [-0.05, 0) is 31.5 Å². The fourth-order valence-corrected chi connectivity index (χ4v) is 3.27. The zero-order valence-electron chi connectivity index (χ0n) is 15.3. The molecule has 3 rings (SSSR count). The van der Waals surface area contributed by atoms with Crippen molar-refractivity contribution in [2.75, 3.05) is 18.0 Å². The van der Waals surface area contributed by atoms with Crippen LogP contribution >= 0.6 is 0 Å². The van der Waals surface area contributed by atoms with Crippen LogP contribution in [0.5, 0.6) is 0 Å². The molecular weight excluding hydrogens is 346 g/mol. The van der Waals surface area contributed by atoms with Crippen molar-refractivity contribution < 1.29 is 19.4 Å². The van der Waals surface area contributed by atoms with Crippen LogP contribution in [0.1, 0.15) is 35.9 Å². The molecule has 1 fully saturated rings. The van der Waals surface area contributed by atoms with Crippen molar-refractivity contribution in [3.8, 4) is 0 Å². The molecule has 142 valence electrons. The minimum Gasteiger partial charge on any atom is -0.479 e. The third kappa shape index (κ3) is 4.62. The number of anilines is 1. The zero-order valence-corrected chi connectivity index (χ0v) is 15.3. The van der Waals surface area contributed by atoms with E-state index in [1.807, 2.05) is 19.9 Å². The first-order valence-electron chi connectivity index (χ1n) is 8.89. The summed E-state index contributed by atoms with van der Waals surface area (Å²) in [4.78, 5) is 30.5. The Bertz CT molecular complexity index is 802. The van der Waals surface area contributed by atoms with Crippen LogP contribution in [-0.2, 0) is 9.53 Å². The monoisotopic (exact) mass is 369 g/mol. The quantitative estimate of drug-likeness (QED) is 0.840. The number of nitrogens with zero attached hydrogens (tertiary/aromatic N) is 2. The zero-order chi connectivity index (χ0) is 19.4. The first-order valence-corrected chi connectivity index (χ1v) is 8.89. The lowest BCUT2D eigenvalue weighted by molar-refractivity contribution is -0.139. The number of carboxylic acid groups (broad SMARTS) is 1. The number of aromatic nitrogens is 1. The second-order valence-corrected chi connectivity index (χ2v) is 6.72. The van der Waals surface area contributed by atoms with E-state index in [1.54, 1.807) is 42.6 Å². The molecule has 0 bridgehead atoms. The third-order valence-corrected chi connectivity index (χ3v) is 4.42. The molecule has 0 radical (unpaired) electrons. The summed E-state index contributed by atoms with van der Waals surface area (Å²) in [7, 11) is 0. The van der Waals surface area contributed by atoms with Crippen molar-refractivity contribution in [3.63, 3.8) is 0 Å². The molecule has 27 heavy (non-hydrogen) atoms. The molecule has 1 amide bonds. The summed E-state index contributed by atoms with van der Waals surface area (Å²) in [6.07, 6.45) is 1.75. The summed E-state index contributed by atoms with van der Waals surface area (Å²) in [6, 6.07) is 11.0. The molecule has 2 N–H and O–H groups in total. The smallest absolute Gasteiger partial charge is 0.330 e. The average molecular weight is 369 g/mol. The SMILES string of the molecule is CC1CN(c2ccnc(C(=O)NC(C(=O)O)c3ccccc3)c2)CC(C)O1. The van der Waals surface area contributed by atoms with Crippen LogP contribution in [0.4, 0.5) is 5.69 Å². The summed E-state index contributed by atoms with van der Waals surface area (Å²) in [5.41, 5.74) is 1.55. The van der Waals surface area contributed by atoms with Crippen LogP contribution < -0.4 is 10.2 Å². The molecule has 7 heteroatoms. The Morgan fingerprint density at radius 1 is 1.19 bits per heavy atom. The van der Waals surface area contributed by atoms with Crippen molar-refractivity contribution in [2.24, 2.45) is 0 Å². The summed E-state index contributed by atoms with van der Waals surface area (Å²) < 4.78 is 5.74. The molecule has 2 heterocycles. The van der Waals surface area contributed by atoms with Crippen molar-refractivity contribution in [3.05, 3.63) is 59.9 Å². The molecule has 0 aliphatic carbocycles. The van der Waals surface area contributed by atoms with E-state index >= 15 is 0 Å². The summed E-state index contributed by atoms with van der Waals surface area (Å²) in [6.45, 7) is 5.46. The first-order chi connectivity index (χ1) is 12.9. The topological polar surface area (TPSA) is 91.8 Å². The molecule has 7 nitrogen and oxygen atoms in total. The molecule has 2 aromatic rings. The molecule has 1 aromatic heterocycles. The van der Waals surface area contributed by atoms with Gasteiger partial charge >= 0.3 is 5.97 Å². The number of pyridine rings is 1. The highest BCUT2D eigenvalue weighted by Gasteiger charge is 2.25. The van der Waals surface area contributed by atoms with Gasteiger partial charge in [-0.15, -0.1) is 0 Å². The Kier molecular flexibility index (Phi) is 5.71. The number of carbonyl (C=O) groups excluding carboxylic acids is 1. The maximum absolute atomic E-state index is 12.6. The second kappa shape index (κ2) is 8.18. The number of benzene rings is 1. The number of hydrogen-bond acceptors (Lipinski definition) is 5. The van der Waals surface area contributed by atoms with Crippen molar-refractivity contribution in [1.29, 1.82) is 0 Å². The van der Waals surface area contributed by atoms with Crippen LogP contribution in [0, 0.1) is 0 Å². The minimum absolute atomic E-state index is 0.0914. The molecule has 1 aliphatic heterocycles. The van der Waals surface area contributed by atoms with Crippen LogP contribution in [0.25, 0.3) is 0 Å². The van der Waals surface area contributed by atoms with E-state index < -0.39 is 17.9 Å². The van der Waals surface area contributed by atoms with Gasteiger partial charge in [-0.3, -0.25) is 9.78 Å². The minimum atomic E-state index is -1.13. The van der Waals surface area contributed by atoms with Crippen LogP contribution in [0.3, 0.4) is 0 Å². The molecule has 0 saturated carbocycles. The Morgan fingerprint density at radius 3 is 2.48 bits per heavy atom. The molecule has 3 unspecified atom stereocenters. The van der Waals surface area contributed by atoms with Gasteiger partial charge in [-0.25, -0.2) is 4.79 Å². The molecule has 1 aromatic carbocycles. The lowest BCUT2D eigenvalue weighted by atomic mass is 10.1. The van der Waals surface area contributed by atoms with Crippen LogP contribution in [0.15, 0.2) is 48.7 Å². The molecule has 0 spiro atoms. The van der Waals surface area contributed by atoms with Crippen molar-refractivity contribution in [2.45, 2.75) is 32.1 Å². The second-order valence-electron chi connectivity index (χ2n) is 6.72. The number of ether oxygens (including phenoxy) is 1. The highest BCUT2D eigenvalue weighted by atomic mass is 16.5. The highest BCUT2D eigenvalue weighted by molar-refractivity contribution is 5.96. The van der Waals surface area contributed by atoms with Gasteiger partial charge in [0.1, 0.15) is 5.69 Å². The Hall–Kier alpha value is -2.93. The predicted molar refractivity (Wildman–Crippen MR) is 101 cm³/mol. The van der Waals surface area contributed by atoms with Crippen LogP contribution in [0.2, 0.25) is 0 Å². The summed E-state index contributed by atoms with van der Waals surface area (Å²) >= 11 is 0. The normalized spacial score (nSPS) is 20.7. The number of morpholine rings is 1. The number of rotatable bonds is 5. The van der Waals surface area contributed by atoms with E-state index in [2.05, 4.69) is 15.2 Å². The number of aliphatic carboxylic acids is 1. The molecule has 1 saturated heterocycles. The van der Waals surface area contributed by atoms with Crippen molar-refractivity contribution >= 4 is 17.6 Å². The van der Waals surface area contributed by atoms with Gasteiger partial charge in [-0.2, -0.15) is 0 Å². The van der Waals surface area contributed by atoms with E-state index in [0.29, 0.717) is 5.56 Å². The van der Waals surface area contributed by atoms with Gasteiger partial charge in [0.2, 0.25) is 0 Å². The lowest BCUT2D eigenvalue weighted by Crippen LogP contribution is -2.45. The standard InChI is InChI=1S/C20H23N3O4/c1-13-11-23(12-14(2)27-13)16-8-9-21-17(10-16)19(24)22-18(20(25)26)15-6-4-3-5-7-15/h3-10,13-14,18H,11-12H2,1-2H3,(H,22,24)(H,25,26). The van der Waals surface area contributed by atoms with Crippen molar-refractivity contribution in [1.82, 2.24) is 10.3 Å². The Morgan fingerprint density at radius 2 is 1.85 bits per heavy atom. The van der Waals surface area contributed by atoms with E-state index in [1.165, 1.54) is 0 Å². The van der Waals surface area contributed by atoms with E-state index in [9.17, 15) is 14.7 Å².